The molecule has 1 unspecified atom stereocenters. The number of hydrogen-bond donors (Lipinski definition) is 1. The second-order valence-electron chi connectivity index (χ2n) is 4.90. The summed E-state index contributed by atoms with van der Waals surface area (Å²) in [5.41, 5.74) is 0.404. The van der Waals surface area contributed by atoms with Crippen molar-refractivity contribution in [3.63, 3.8) is 0 Å². The summed E-state index contributed by atoms with van der Waals surface area (Å²) in [6.07, 6.45) is 4.02. The molecule has 0 aromatic carbocycles. The van der Waals surface area contributed by atoms with Crippen molar-refractivity contribution in [2.24, 2.45) is 0 Å². The van der Waals surface area contributed by atoms with E-state index in [1.165, 1.54) is 22.6 Å². The van der Waals surface area contributed by atoms with Gasteiger partial charge < -0.3 is 9.72 Å². The van der Waals surface area contributed by atoms with Crippen LogP contribution in [0, 0.1) is 0 Å². The van der Waals surface area contributed by atoms with Crippen LogP contribution in [0.25, 0.3) is 11.2 Å². The average molecular weight is 294 g/mol. The molecule has 0 bridgehead atoms. The van der Waals surface area contributed by atoms with Crippen LogP contribution in [0.3, 0.4) is 0 Å². The molecule has 0 spiro atoms. The molecule has 21 heavy (non-hydrogen) atoms. The van der Waals surface area contributed by atoms with Gasteiger partial charge in [0.25, 0.3) is 5.56 Å². The Hall–Kier alpha value is -2.38. The molecule has 2 heterocycles. The summed E-state index contributed by atoms with van der Waals surface area (Å²) in [5.74, 6) is -0.297. The number of rotatable bonds is 7. The lowest BCUT2D eigenvalue weighted by molar-refractivity contribution is -0.145. The van der Waals surface area contributed by atoms with Gasteiger partial charge in [-0.2, -0.15) is 4.68 Å². The molecule has 0 radical (unpaired) electrons. The van der Waals surface area contributed by atoms with Gasteiger partial charge in [-0.1, -0.05) is 0 Å². The summed E-state index contributed by atoms with van der Waals surface area (Å²) in [5, 5.41) is 0. The Balaban J connectivity index is 1.96. The average Bonchev–Trinajstić information content (AvgIpc) is 2.97. The predicted octanol–water partition coefficient (Wildman–Crippen LogP) is 0.686. The quantitative estimate of drug-likeness (QED) is 0.460. The second kappa shape index (κ2) is 6.38. The van der Waals surface area contributed by atoms with Crippen molar-refractivity contribution in [1.29, 1.82) is 0 Å². The van der Waals surface area contributed by atoms with E-state index in [0.717, 1.165) is 6.42 Å². The standard InChI is InChI=1S/C13H18N4O4/c1-9(21-10(2)19)5-3-4-6-16-13(20)11-12(15-7-14-11)17(16)8-18/h7-9H,3-6H2,1-2H3,(H,14,15). The largest absolute Gasteiger partial charge is 0.463 e. The van der Waals surface area contributed by atoms with Gasteiger partial charge in [0, 0.05) is 13.5 Å². The Morgan fingerprint density at radius 1 is 1.52 bits per heavy atom. The maximum Gasteiger partial charge on any atom is 0.302 e. The molecule has 0 saturated heterocycles. The van der Waals surface area contributed by atoms with E-state index in [4.69, 9.17) is 4.74 Å². The number of aromatic nitrogens is 4. The number of nitrogens with one attached hydrogen (secondary N) is 1. The van der Waals surface area contributed by atoms with Crippen LogP contribution in [0.2, 0.25) is 0 Å². The Kier molecular flexibility index (Phi) is 4.56. The van der Waals surface area contributed by atoms with E-state index < -0.39 is 0 Å². The highest BCUT2D eigenvalue weighted by atomic mass is 16.5. The number of esters is 1. The Labute approximate surface area is 120 Å². The number of imidazole rings is 1. The normalized spacial score (nSPS) is 12.5. The predicted molar refractivity (Wildman–Crippen MR) is 75.6 cm³/mol. The summed E-state index contributed by atoms with van der Waals surface area (Å²) in [4.78, 5) is 40.7. The molecule has 0 aliphatic rings. The van der Waals surface area contributed by atoms with E-state index in [9.17, 15) is 14.4 Å². The summed E-state index contributed by atoms with van der Waals surface area (Å²) >= 11 is 0. The molecule has 114 valence electrons. The monoisotopic (exact) mass is 294 g/mol. The maximum atomic E-state index is 12.1. The maximum absolute atomic E-state index is 12.1. The zero-order valence-electron chi connectivity index (χ0n) is 12.0. The van der Waals surface area contributed by atoms with E-state index in [-0.39, 0.29) is 17.6 Å². The number of ether oxygens (including phenoxy) is 1. The fourth-order valence-electron chi connectivity index (χ4n) is 2.31. The van der Waals surface area contributed by atoms with Gasteiger partial charge in [0.1, 0.15) is 0 Å². The van der Waals surface area contributed by atoms with Gasteiger partial charge in [0.15, 0.2) is 11.2 Å². The van der Waals surface area contributed by atoms with E-state index >= 15 is 0 Å². The van der Waals surface area contributed by atoms with Gasteiger partial charge in [-0.15, -0.1) is 0 Å². The minimum Gasteiger partial charge on any atom is -0.463 e. The summed E-state index contributed by atoms with van der Waals surface area (Å²) in [6, 6.07) is 0. The van der Waals surface area contributed by atoms with E-state index in [0.29, 0.717) is 37.0 Å². The lowest BCUT2D eigenvalue weighted by Gasteiger charge is -2.11. The number of fused-ring (bicyclic) bond motifs is 1. The topological polar surface area (TPSA) is 99.0 Å². The first-order chi connectivity index (χ1) is 10.0. The third kappa shape index (κ3) is 3.21. The number of nitrogens with zero attached hydrogens (tertiary/aromatic N) is 3. The second-order valence-corrected chi connectivity index (χ2v) is 4.90. The van der Waals surface area contributed by atoms with Crippen molar-refractivity contribution in [3.05, 3.63) is 16.7 Å². The van der Waals surface area contributed by atoms with Gasteiger partial charge in [-0.05, 0) is 26.2 Å². The number of hydrogen-bond acceptors (Lipinski definition) is 5. The van der Waals surface area contributed by atoms with E-state index in [2.05, 4.69) is 9.97 Å². The first-order valence-electron chi connectivity index (χ1n) is 6.81. The summed E-state index contributed by atoms with van der Waals surface area (Å²) < 4.78 is 7.59. The molecule has 2 rings (SSSR count). The molecule has 0 saturated carbocycles. The summed E-state index contributed by atoms with van der Waals surface area (Å²) in [6.45, 7) is 3.62. The molecule has 0 fully saturated rings. The Morgan fingerprint density at radius 3 is 2.95 bits per heavy atom. The molecule has 2 aromatic heterocycles. The van der Waals surface area contributed by atoms with Crippen LogP contribution in [-0.4, -0.2) is 37.8 Å². The molecule has 0 aliphatic heterocycles. The highest BCUT2D eigenvalue weighted by molar-refractivity contribution is 5.76. The van der Waals surface area contributed by atoms with Crippen molar-refractivity contribution >= 4 is 23.5 Å². The number of H-pyrrole nitrogens is 1. The van der Waals surface area contributed by atoms with Gasteiger partial charge in [0.05, 0.1) is 12.4 Å². The number of carbonyl (C=O) groups excluding carboxylic acids is 2. The molecule has 2 aromatic rings. The molecule has 0 amide bonds. The van der Waals surface area contributed by atoms with Crippen LogP contribution in [0.1, 0.15) is 33.1 Å². The number of aromatic amines is 1. The zero-order valence-corrected chi connectivity index (χ0v) is 12.0. The smallest absolute Gasteiger partial charge is 0.302 e. The van der Waals surface area contributed by atoms with Crippen molar-refractivity contribution in [2.45, 2.75) is 45.8 Å². The van der Waals surface area contributed by atoms with Crippen LogP contribution in [-0.2, 0) is 20.9 Å². The minimum atomic E-state index is -0.297. The van der Waals surface area contributed by atoms with Crippen LogP contribution < -0.4 is 5.56 Å². The molecule has 0 aliphatic carbocycles. The Morgan fingerprint density at radius 2 is 2.29 bits per heavy atom. The molecule has 1 N–H and O–H groups in total. The molecular formula is C13H18N4O4. The number of unbranched alkanes of at least 4 members (excludes halogenated alkanes) is 1. The van der Waals surface area contributed by atoms with Crippen molar-refractivity contribution < 1.29 is 14.3 Å². The lowest BCUT2D eigenvalue weighted by Crippen LogP contribution is -2.23. The van der Waals surface area contributed by atoms with E-state index in [1.807, 2.05) is 6.92 Å². The lowest BCUT2D eigenvalue weighted by atomic mass is 10.2. The van der Waals surface area contributed by atoms with Crippen molar-refractivity contribution in [3.8, 4) is 0 Å². The van der Waals surface area contributed by atoms with Gasteiger partial charge >= 0.3 is 5.97 Å². The van der Waals surface area contributed by atoms with Crippen molar-refractivity contribution in [2.75, 3.05) is 0 Å². The first-order valence-corrected chi connectivity index (χ1v) is 6.81. The van der Waals surface area contributed by atoms with Crippen LogP contribution in [0.15, 0.2) is 11.1 Å². The van der Waals surface area contributed by atoms with Gasteiger partial charge in [-0.25, -0.2) is 9.67 Å². The molecule has 1 atom stereocenters. The molecule has 8 nitrogen and oxygen atoms in total. The SMILES string of the molecule is CC(=O)OC(C)CCCCn1c(=O)c2[nH]cnc2n1C=O. The van der Waals surface area contributed by atoms with Crippen LogP contribution >= 0.6 is 0 Å². The van der Waals surface area contributed by atoms with E-state index in [1.54, 1.807) is 0 Å². The highest BCUT2D eigenvalue weighted by Gasteiger charge is 2.14. The third-order valence-electron chi connectivity index (χ3n) is 3.24. The Bertz CT molecular complexity index is 697. The third-order valence-corrected chi connectivity index (χ3v) is 3.24. The van der Waals surface area contributed by atoms with Crippen LogP contribution in [0.4, 0.5) is 0 Å². The summed E-state index contributed by atoms with van der Waals surface area (Å²) in [7, 11) is 0. The van der Waals surface area contributed by atoms with Crippen LogP contribution in [0.5, 0.6) is 0 Å². The van der Waals surface area contributed by atoms with Crippen molar-refractivity contribution in [1.82, 2.24) is 19.3 Å². The van der Waals surface area contributed by atoms with Gasteiger partial charge in [0.2, 0.25) is 6.41 Å². The molecule has 8 heteroatoms. The molecular weight excluding hydrogens is 276 g/mol. The van der Waals surface area contributed by atoms with Gasteiger partial charge in [-0.3, -0.25) is 14.4 Å². The minimum absolute atomic E-state index is 0.145. The highest BCUT2D eigenvalue weighted by Crippen LogP contribution is 2.08. The fraction of sp³-hybridized carbons (Fsp3) is 0.538. The zero-order chi connectivity index (χ0) is 15.4. The number of carbonyl (C=O) groups is 2. The fourth-order valence-corrected chi connectivity index (χ4v) is 2.31. The first kappa shape index (κ1) is 15.0.